The SMILES string of the molecule is O=C(NCc1ccccn1)C1CC=CCC1. The van der Waals surface area contributed by atoms with Crippen molar-refractivity contribution in [2.24, 2.45) is 5.92 Å². The van der Waals surface area contributed by atoms with Crippen LogP contribution in [0, 0.1) is 5.92 Å². The monoisotopic (exact) mass is 216 g/mol. The highest BCUT2D eigenvalue weighted by atomic mass is 16.1. The summed E-state index contributed by atoms with van der Waals surface area (Å²) in [6.07, 6.45) is 8.82. The minimum absolute atomic E-state index is 0.147. The largest absolute Gasteiger partial charge is 0.350 e. The Labute approximate surface area is 95.6 Å². The van der Waals surface area contributed by atoms with Gasteiger partial charge in [0.2, 0.25) is 5.91 Å². The first-order valence-electron chi connectivity index (χ1n) is 5.69. The molecule has 1 aromatic rings. The van der Waals surface area contributed by atoms with Crippen LogP contribution in [0.5, 0.6) is 0 Å². The van der Waals surface area contributed by atoms with E-state index in [1.165, 1.54) is 0 Å². The Morgan fingerprint density at radius 3 is 3.06 bits per heavy atom. The summed E-state index contributed by atoms with van der Waals surface area (Å²) in [5.41, 5.74) is 0.905. The highest BCUT2D eigenvalue weighted by Gasteiger charge is 2.17. The van der Waals surface area contributed by atoms with E-state index in [2.05, 4.69) is 22.5 Å². The molecule has 0 radical (unpaired) electrons. The number of nitrogens with one attached hydrogen (secondary N) is 1. The third-order valence-electron chi connectivity index (χ3n) is 2.81. The number of allylic oxidation sites excluding steroid dienone is 2. The molecule has 0 saturated heterocycles. The fourth-order valence-electron chi connectivity index (χ4n) is 1.86. The number of amides is 1. The average molecular weight is 216 g/mol. The number of aromatic nitrogens is 1. The smallest absolute Gasteiger partial charge is 0.223 e. The number of hydrogen-bond donors (Lipinski definition) is 1. The van der Waals surface area contributed by atoms with Crippen LogP contribution in [0.3, 0.4) is 0 Å². The second-order valence-electron chi connectivity index (χ2n) is 4.02. The number of carbonyl (C=O) groups excluding carboxylic acids is 1. The minimum Gasteiger partial charge on any atom is -0.350 e. The quantitative estimate of drug-likeness (QED) is 0.786. The van der Waals surface area contributed by atoms with Gasteiger partial charge in [0.05, 0.1) is 12.2 Å². The summed E-state index contributed by atoms with van der Waals surface area (Å²) in [4.78, 5) is 16.0. The van der Waals surface area contributed by atoms with Crippen LogP contribution >= 0.6 is 0 Å². The fourth-order valence-corrected chi connectivity index (χ4v) is 1.86. The Balaban J connectivity index is 1.82. The van der Waals surface area contributed by atoms with Crippen LogP contribution in [0.4, 0.5) is 0 Å². The Morgan fingerprint density at radius 2 is 2.38 bits per heavy atom. The molecule has 3 heteroatoms. The summed E-state index contributed by atoms with van der Waals surface area (Å²) in [5, 5.41) is 2.93. The van der Waals surface area contributed by atoms with Crippen LogP contribution in [0.15, 0.2) is 36.5 Å². The molecule has 16 heavy (non-hydrogen) atoms. The van der Waals surface area contributed by atoms with Crippen LogP contribution < -0.4 is 5.32 Å². The molecule has 1 N–H and O–H groups in total. The molecule has 3 nitrogen and oxygen atoms in total. The zero-order valence-corrected chi connectivity index (χ0v) is 9.23. The summed E-state index contributed by atoms with van der Waals surface area (Å²) < 4.78 is 0. The molecule has 0 fully saturated rings. The standard InChI is InChI=1S/C13H16N2O/c16-13(11-6-2-1-3-7-11)15-10-12-8-4-5-9-14-12/h1-2,4-5,8-9,11H,3,6-7,10H2,(H,15,16). The molecular weight excluding hydrogens is 200 g/mol. The molecular formula is C13H16N2O. The Kier molecular flexibility index (Phi) is 3.70. The number of pyridine rings is 1. The maximum atomic E-state index is 11.8. The Bertz CT molecular complexity index is 373. The van der Waals surface area contributed by atoms with Gasteiger partial charge >= 0.3 is 0 Å². The normalized spacial score (nSPS) is 19.4. The Morgan fingerprint density at radius 1 is 1.44 bits per heavy atom. The number of nitrogens with zero attached hydrogens (tertiary/aromatic N) is 1. The third kappa shape index (κ3) is 2.92. The van der Waals surface area contributed by atoms with Crippen molar-refractivity contribution in [1.82, 2.24) is 10.3 Å². The topological polar surface area (TPSA) is 42.0 Å². The summed E-state index contributed by atoms with van der Waals surface area (Å²) >= 11 is 0. The molecule has 84 valence electrons. The van der Waals surface area contributed by atoms with Gasteiger partial charge in [-0.05, 0) is 31.4 Å². The van der Waals surface area contributed by atoms with Crippen molar-refractivity contribution >= 4 is 5.91 Å². The summed E-state index contributed by atoms with van der Waals surface area (Å²) in [5.74, 6) is 0.295. The summed E-state index contributed by atoms with van der Waals surface area (Å²) in [6.45, 7) is 0.528. The van der Waals surface area contributed by atoms with E-state index in [0.29, 0.717) is 6.54 Å². The molecule has 2 rings (SSSR count). The fraction of sp³-hybridized carbons (Fsp3) is 0.385. The lowest BCUT2D eigenvalue weighted by molar-refractivity contribution is -0.125. The third-order valence-corrected chi connectivity index (χ3v) is 2.81. The van der Waals surface area contributed by atoms with Crippen LogP contribution in [-0.4, -0.2) is 10.9 Å². The molecule has 0 aromatic carbocycles. The van der Waals surface area contributed by atoms with Gasteiger partial charge in [-0.15, -0.1) is 0 Å². The second-order valence-corrected chi connectivity index (χ2v) is 4.02. The van der Waals surface area contributed by atoms with E-state index in [1.54, 1.807) is 6.20 Å². The molecule has 0 saturated carbocycles. The van der Waals surface area contributed by atoms with Gasteiger partial charge in [-0.2, -0.15) is 0 Å². The predicted molar refractivity (Wildman–Crippen MR) is 62.6 cm³/mol. The van der Waals surface area contributed by atoms with Crippen molar-refractivity contribution in [2.75, 3.05) is 0 Å². The maximum Gasteiger partial charge on any atom is 0.223 e. The van der Waals surface area contributed by atoms with E-state index >= 15 is 0 Å². The average Bonchev–Trinajstić information content (AvgIpc) is 2.38. The zero-order valence-electron chi connectivity index (χ0n) is 9.23. The van der Waals surface area contributed by atoms with E-state index < -0.39 is 0 Å². The van der Waals surface area contributed by atoms with Crippen molar-refractivity contribution in [2.45, 2.75) is 25.8 Å². The van der Waals surface area contributed by atoms with Gasteiger partial charge < -0.3 is 5.32 Å². The van der Waals surface area contributed by atoms with Gasteiger partial charge in [0.1, 0.15) is 0 Å². The van der Waals surface area contributed by atoms with E-state index in [9.17, 15) is 4.79 Å². The van der Waals surface area contributed by atoms with Gasteiger partial charge in [-0.25, -0.2) is 0 Å². The summed E-state index contributed by atoms with van der Waals surface area (Å²) in [7, 11) is 0. The first-order chi connectivity index (χ1) is 7.86. The molecule has 0 spiro atoms. The van der Waals surface area contributed by atoms with Crippen LogP contribution in [-0.2, 0) is 11.3 Å². The second kappa shape index (κ2) is 5.45. The zero-order chi connectivity index (χ0) is 11.2. The summed E-state index contributed by atoms with van der Waals surface area (Å²) in [6, 6.07) is 5.72. The number of rotatable bonds is 3. The molecule has 1 aliphatic rings. The van der Waals surface area contributed by atoms with Crippen LogP contribution in [0.1, 0.15) is 25.0 Å². The molecule has 1 heterocycles. The van der Waals surface area contributed by atoms with Crippen molar-refractivity contribution in [3.63, 3.8) is 0 Å². The van der Waals surface area contributed by atoms with Crippen molar-refractivity contribution in [1.29, 1.82) is 0 Å². The van der Waals surface area contributed by atoms with Crippen molar-refractivity contribution < 1.29 is 4.79 Å². The molecule has 1 atom stereocenters. The first-order valence-corrected chi connectivity index (χ1v) is 5.69. The number of hydrogen-bond acceptors (Lipinski definition) is 2. The van der Waals surface area contributed by atoms with E-state index in [0.717, 1.165) is 25.0 Å². The first kappa shape index (κ1) is 10.9. The van der Waals surface area contributed by atoms with Crippen molar-refractivity contribution in [3.8, 4) is 0 Å². The predicted octanol–water partition coefficient (Wildman–Crippen LogP) is 2.05. The van der Waals surface area contributed by atoms with Gasteiger partial charge in [0.15, 0.2) is 0 Å². The molecule has 1 aromatic heterocycles. The lowest BCUT2D eigenvalue weighted by atomic mass is 9.94. The lowest BCUT2D eigenvalue weighted by Crippen LogP contribution is -2.30. The van der Waals surface area contributed by atoms with E-state index in [1.807, 2.05) is 18.2 Å². The van der Waals surface area contributed by atoms with Gasteiger partial charge in [0, 0.05) is 12.1 Å². The van der Waals surface area contributed by atoms with Gasteiger partial charge in [0.25, 0.3) is 0 Å². The highest BCUT2D eigenvalue weighted by Crippen LogP contribution is 2.17. The molecule has 0 bridgehead atoms. The van der Waals surface area contributed by atoms with Gasteiger partial charge in [-0.3, -0.25) is 9.78 Å². The minimum atomic E-state index is 0.147. The van der Waals surface area contributed by atoms with Crippen molar-refractivity contribution in [3.05, 3.63) is 42.2 Å². The van der Waals surface area contributed by atoms with E-state index in [4.69, 9.17) is 0 Å². The molecule has 0 aliphatic heterocycles. The van der Waals surface area contributed by atoms with E-state index in [-0.39, 0.29) is 11.8 Å². The molecule has 1 amide bonds. The highest BCUT2D eigenvalue weighted by molar-refractivity contribution is 5.78. The van der Waals surface area contributed by atoms with Crippen LogP contribution in [0.25, 0.3) is 0 Å². The lowest BCUT2D eigenvalue weighted by Gasteiger charge is -2.16. The number of carbonyl (C=O) groups is 1. The molecule has 1 unspecified atom stereocenters. The maximum absolute atomic E-state index is 11.8. The Hall–Kier alpha value is -1.64. The van der Waals surface area contributed by atoms with Crippen LogP contribution in [0.2, 0.25) is 0 Å². The van der Waals surface area contributed by atoms with Gasteiger partial charge in [-0.1, -0.05) is 18.2 Å². The molecule has 1 aliphatic carbocycles.